The molecule has 0 unspecified atom stereocenters. The molecule has 0 radical (unpaired) electrons. The molecule has 1 aliphatic rings. The third-order valence-electron chi connectivity index (χ3n) is 4.89. The molecular formula is C19H27N3OS. The molecule has 0 saturated heterocycles. The van der Waals surface area contributed by atoms with Gasteiger partial charge in [0.2, 0.25) is 5.91 Å². The molecule has 24 heavy (non-hydrogen) atoms. The Kier molecular flexibility index (Phi) is 7.11. The van der Waals surface area contributed by atoms with E-state index < -0.39 is 0 Å². The van der Waals surface area contributed by atoms with E-state index >= 15 is 0 Å². The summed E-state index contributed by atoms with van der Waals surface area (Å²) in [6.07, 6.45) is 8.45. The van der Waals surface area contributed by atoms with Gasteiger partial charge in [-0.05, 0) is 44.7 Å². The van der Waals surface area contributed by atoms with Gasteiger partial charge in [-0.1, -0.05) is 43.9 Å². The molecule has 0 aromatic carbocycles. The van der Waals surface area contributed by atoms with Gasteiger partial charge in [0.25, 0.3) is 0 Å². The zero-order chi connectivity index (χ0) is 17.5. The van der Waals surface area contributed by atoms with Crippen LogP contribution in [0, 0.1) is 32.1 Å². The van der Waals surface area contributed by atoms with Crippen LogP contribution >= 0.6 is 11.8 Å². The lowest BCUT2D eigenvalue weighted by atomic mass is 9.97. The van der Waals surface area contributed by atoms with Crippen molar-refractivity contribution in [2.45, 2.75) is 76.8 Å². The Morgan fingerprint density at radius 2 is 1.79 bits per heavy atom. The van der Waals surface area contributed by atoms with Crippen LogP contribution in [0.4, 0.5) is 0 Å². The minimum absolute atomic E-state index is 0.0483. The quantitative estimate of drug-likeness (QED) is 0.831. The van der Waals surface area contributed by atoms with Crippen molar-refractivity contribution < 1.29 is 4.79 Å². The maximum absolute atomic E-state index is 12.3. The molecular weight excluding hydrogens is 318 g/mol. The Morgan fingerprint density at radius 3 is 2.42 bits per heavy atom. The standard InChI is InChI=1S/C19H27N3OS/c1-13-14(2)17(11-20)19(21-15(13)3)24-12-18(23)22-16-9-7-5-4-6-8-10-16/h16H,4-10,12H2,1-3H3,(H,22,23). The number of aryl methyl sites for hydroxylation is 1. The van der Waals surface area contributed by atoms with Crippen LogP contribution in [0.2, 0.25) is 0 Å². The first-order valence-electron chi connectivity index (χ1n) is 8.83. The fraction of sp³-hybridized carbons (Fsp3) is 0.632. The monoisotopic (exact) mass is 345 g/mol. The van der Waals surface area contributed by atoms with Crippen molar-refractivity contribution in [1.82, 2.24) is 10.3 Å². The van der Waals surface area contributed by atoms with Gasteiger partial charge < -0.3 is 5.32 Å². The van der Waals surface area contributed by atoms with E-state index in [9.17, 15) is 10.1 Å². The summed E-state index contributed by atoms with van der Waals surface area (Å²) in [6.45, 7) is 5.87. The van der Waals surface area contributed by atoms with Crippen molar-refractivity contribution in [1.29, 1.82) is 5.26 Å². The maximum atomic E-state index is 12.3. The number of thioether (sulfide) groups is 1. The topological polar surface area (TPSA) is 65.8 Å². The number of nitrogens with one attached hydrogen (secondary N) is 1. The molecule has 2 rings (SSSR count). The van der Waals surface area contributed by atoms with Crippen molar-refractivity contribution >= 4 is 17.7 Å². The van der Waals surface area contributed by atoms with Gasteiger partial charge in [-0.2, -0.15) is 5.26 Å². The van der Waals surface area contributed by atoms with Gasteiger partial charge in [0, 0.05) is 11.7 Å². The molecule has 0 bridgehead atoms. The fourth-order valence-electron chi connectivity index (χ4n) is 3.15. The third-order valence-corrected chi connectivity index (χ3v) is 5.86. The molecule has 1 aliphatic carbocycles. The number of nitriles is 1. The first kappa shape index (κ1) is 18.8. The lowest BCUT2D eigenvalue weighted by molar-refractivity contribution is -0.119. The van der Waals surface area contributed by atoms with E-state index in [-0.39, 0.29) is 5.91 Å². The number of amides is 1. The van der Waals surface area contributed by atoms with Crippen LogP contribution in [0.15, 0.2) is 5.03 Å². The summed E-state index contributed by atoms with van der Waals surface area (Å²) >= 11 is 1.37. The van der Waals surface area contributed by atoms with Gasteiger partial charge in [0.15, 0.2) is 0 Å². The molecule has 1 fully saturated rings. The van der Waals surface area contributed by atoms with Crippen LogP contribution in [-0.2, 0) is 4.79 Å². The number of carbonyl (C=O) groups excluding carboxylic acids is 1. The lowest BCUT2D eigenvalue weighted by Gasteiger charge is -2.21. The van der Waals surface area contributed by atoms with Crippen LogP contribution in [0.25, 0.3) is 0 Å². The highest BCUT2D eigenvalue weighted by Gasteiger charge is 2.17. The summed E-state index contributed by atoms with van der Waals surface area (Å²) in [5.41, 5.74) is 3.54. The number of rotatable bonds is 4. The van der Waals surface area contributed by atoms with E-state index in [4.69, 9.17) is 0 Å². The maximum Gasteiger partial charge on any atom is 0.230 e. The van der Waals surface area contributed by atoms with Crippen LogP contribution in [0.5, 0.6) is 0 Å². The Hall–Kier alpha value is -1.54. The van der Waals surface area contributed by atoms with Crippen molar-refractivity contribution in [3.63, 3.8) is 0 Å². The molecule has 1 heterocycles. The highest BCUT2D eigenvalue weighted by Crippen LogP contribution is 2.26. The van der Waals surface area contributed by atoms with Crippen molar-refractivity contribution in [3.8, 4) is 6.07 Å². The van der Waals surface area contributed by atoms with Gasteiger partial charge in [-0.25, -0.2) is 4.98 Å². The number of nitrogens with zero attached hydrogens (tertiary/aromatic N) is 2. The van der Waals surface area contributed by atoms with E-state index in [1.165, 1.54) is 43.9 Å². The molecule has 0 atom stereocenters. The first-order valence-corrected chi connectivity index (χ1v) is 9.81. The summed E-state index contributed by atoms with van der Waals surface area (Å²) in [5.74, 6) is 0.368. The molecule has 1 aromatic rings. The minimum Gasteiger partial charge on any atom is -0.353 e. The summed E-state index contributed by atoms with van der Waals surface area (Å²) in [4.78, 5) is 16.8. The number of hydrogen-bond donors (Lipinski definition) is 1. The van der Waals surface area contributed by atoms with Gasteiger partial charge in [-0.15, -0.1) is 0 Å². The molecule has 4 nitrogen and oxygen atoms in total. The fourth-order valence-corrected chi connectivity index (χ4v) is 4.05. The molecule has 5 heteroatoms. The van der Waals surface area contributed by atoms with E-state index in [1.807, 2.05) is 20.8 Å². The second kappa shape index (κ2) is 9.08. The van der Waals surface area contributed by atoms with E-state index in [0.29, 0.717) is 22.4 Å². The Morgan fingerprint density at radius 1 is 1.17 bits per heavy atom. The number of hydrogen-bond acceptors (Lipinski definition) is 4. The van der Waals surface area contributed by atoms with Crippen LogP contribution in [-0.4, -0.2) is 22.7 Å². The van der Waals surface area contributed by atoms with Crippen LogP contribution in [0.1, 0.15) is 67.3 Å². The van der Waals surface area contributed by atoms with Crippen molar-refractivity contribution in [2.75, 3.05) is 5.75 Å². The molecule has 130 valence electrons. The van der Waals surface area contributed by atoms with E-state index in [0.717, 1.165) is 29.7 Å². The second-order valence-corrected chi connectivity index (χ2v) is 7.60. The van der Waals surface area contributed by atoms with Crippen LogP contribution in [0.3, 0.4) is 0 Å². The largest absolute Gasteiger partial charge is 0.353 e. The highest BCUT2D eigenvalue weighted by atomic mass is 32.2. The summed E-state index contributed by atoms with van der Waals surface area (Å²) in [6, 6.07) is 2.55. The van der Waals surface area contributed by atoms with E-state index in [2.05, 4.69) is 16.4 Å². The molecule has 0 spiro atoms. The molecule has 1 saturated carbocycles. The normalized spacial score (nSPS) is 16.1. The number of pyridine rings is 1. The highest BCUT2D eigenvalue weighted by molar-refractivity contribution is 8.00. The molecule has 1 aromatic heterocycles. The van der Waals surface area contributed by atoms with Crippen molar-refractivity contribution in [3.05, 3.63) is 22.4 Å². The molecule has 0 aliphatic heterocycles. The Balaban J connectivity index is 1.95. The SMILES string of the molecule is Cc1nc(SCC(=O)NC2CCCCCCC2)c(C#N)c(C)c1C. The zero-order valence-electron chi connectivity index (χ0n) is 14.9. The third kappa shape index (κ3) is 4.98. The minimum atomic E-state index is 0.0483. The first-order chi connectivity index (χ1) is 11.5. The van der Waals surface area contributed by atoms with Crippen molar-refractivity contribution in [2.24, 2.45) is 0 Å². The predicted octanol–water partition coefficient (Wildman–Crippen LogP) is 4.20. The number of aromatic nitrogens is 1. The predicted molar refractivity (Wildman–Crippen MR) is 98.1 cm³/mol. The average molecular weight is 346 g/mol. The Bertz CT molecular complexity index is 628. The zero-order valence-corrected chi connectivity index (χ0v) is 15.8. The van der Waals surface area contributed by atoms with Crippen LogP contribution < -0.4 is 5.32 Å². The average Bonchev–Trinajstić information content (AvgIpc) is 2.53. The summed E-state index contributed by atoms with van der Waals surface area (Å²) in [7, 11) is 0. The van der Waals surface area contributed by atoms with Gasteiger partial charge in [0.1, 0.15) is 11.1 Å². The summed E-state index contributed by atoms with van der Waals surface area (Å²) in [5, 5.41) is 13.2. The van der Waals surface area contributed by atoms with Gasteiger partial charge in [-0.3, -0.25) is 4.79 Å². The van der Waals surface area contributed by atoms with Gasteiger partial charge >= 0.3 is 0 Å². The van der Waals surface area contributed by atoms with E-state index in [1.54, 1.807) is 0 Å². The summed E-state index contributed by atoms with van der Waals surface area (Å²) < 4.78 is 0. The van der Waals surface area contributed by atoms with Gasteiger partial charge in [0.05, 0.1) is 11.3 Å². The lowest BCUT2D eigenvalue weighted by Crippen LogP contribution is -2.36. The molecule has 1 N–H and O–H groups in total. The second-order valence-electron chi connectivity index (χ2n) is 6.64. The smallest absolute Gasteiger partial charge is 0.230 e. The molecule has 1 amide bonds. The Labute approximate surface area is 149 Å². The number of carbonyl (C=O) groups is 1.